The van der Waals surface area contributed by atoms with Gasteiger partial charge in [0.25, 0.3) is 0 Å². The summed E-state index contributed by atoms with van der Waals surface area (Å²) in [6.45, 7) is 7.08. The summed E-state index contributed by atoms with van der Waals surface area (Å²) in [5.74, 6) is -1.42. The monoisotopic (exact) mass is 1330 g/mol. The average Bonchev–Trinajstić information content (AvgIpc) is 3.71. The summed E-state index contributed by atoms with van der Waals surface area (Å²) < 4.78 is 68.2. The highest BCUT2D eigenvalue weighted by Gasteiger charge is 2.30. The Hall–Kier alpha value is -2.98. The molecule has 0 bridgehead atoms. The summed E-state index contributed by atoms with van der Waals surface area (Å²) in [6, 6.07) is 0. The van der Waals surface area contributed by atoms with Crippen LogP contribution in [0.25, 0.3) is 0 Å². The molecule has 0 saturated carbocycles. The molecule has 0 aromatic heterocycles. The summed E-state index contributed by atoms with van der Waals surface area (Å²) >= 11 is 0. The summed E-state index contributed by atoms with van der Waals surface area (Å²) in [7, 11) is -9.92. The van der Waals surface area contributed by atoms with Crippen LogP contribution in [0.2, 0.25) is 0 Å². The molecule has 0 radical (unpaired) electrons. The number of esters is 4. The zero-order chi connectivity index (χ0) is 67.0. The number of rotatable bonds is 68. The first kappa shape index (κ1) is 88.0. The lowest BCUT2D eigenvalue weighted by Crippen LogP contribution is -2.30. The van der Waals surface area contributed by atoms with Crippen molar-refractivity contribution in [2.75, 3.05) is 39.6 Å². The van der Waals surface area contributed by atoms with Gasteiger partial charge in [0, 0.05) is 25.7 Å². The van der Waals surface area contributed by atoms with Crippen molar-refractivity contribution in [1.29, 1.82) is 0 Å². The fraction of sp³-hybridized carbons (Fsp3) is 0.833. The lowest BCUT2D eigenvalue weighted by Gasteiger charge is -2.21. The van der Waals surface area contributed by atoms with Gasteiger partial charge in [0.05, 0.1) is 26.4 Å². The van der Waals surface area contributed by atoms with Crippen LogP contribution in [-0.4, -0.2) is 96.7 Å². The minimum absolute atomic E-state index is 0.0781. The van der Waals surface area contributed by atoms with Crippen LogP contribution in [0.15, 0.2) is 48.6 Å². The zero-order valence-corrected chi connectivity index (χ0v) is 59.7. The molecule has 532 valence electrons. The van der Waals surface area contributed by atoms with Crippen LogP contribution < -0.4 is 0 Å². The van der Waals surface area contributed by atoms with E-state index in [-0.39, 0.29) is 25.7 Å². The zero-order valence-electron chi connectivity index (χ0n) is 57.9. The summed E-state index contributed by atoms with van der Waals surface area (Å²) in [5.41, 5.74) is 0. The molecule has 91 heavy (non-hydrogen) atoms. The molecule has 0 spiro atoms. The summed E-state index contributed by atoms with van der Waals surface area (Å²) in [4.78, 5) is 72.4. The number of allylic oxidation sites excluding steroid dienone is 8. The van der Waals surface area contributed by atoms with Gasteiger partial charge in [-0.25, -0.2) is 9.13 Å². The second kappa shape index (κ2) is 64.4. The van der Waals surface area contributed by atoms with Gasteiger partial charge in [0.15, 0.2) is 12.2 Å². The number of unbranched alkanes of at least 4 members (excludes halogenated alkanes) is 34. The number of carbonyl (C=O) groups excluding carboxylic acids is 4. The van der Waals surface area contributed by atoms with Gasteiger partial charge in [0.1, 0.15) is 19.3 Å². The molecular formula is C72H132O17P2. The van der Waals surface area contributed by atoms with Crippen molar-refractivity contribution in [3.05, 3.63) is 48.6 Å². The molecule has 19 heteroatoms. The molecule has 0 heterocycles. The molecule has 0 aliphatic carbocycles. The third-order valence-electron chi connectivity index (χ3n) is 15.5. The van der Waals surface area contributed by atoms with Crippen LogP contribution in [-0.2, 0) is 65.4 Å². The van der Waals surface area contributed by atoms with E-state index in [1.54, 1.807) is 0 Å². The predicted molar refractivity (Wildman–Crippen MR) is 367 cm³/mol. The normalized spacial score (nSPS) is 14.4. The standard InChI is InChI=1S/C72H132O17P2/c1-6-9-12-15-18-20-22-24-26-28-32-36-41-46-51-56-70(75)83-62-68(89-71(76)57-52-47-42-37-33-29-27-25-23-21-19-16-13-10-7-2)64-87-91(80,81)85-60-66(73)59-84-90(78,79)86-63-67(61-82-69(74)55-50-45-39-17-14-11-8-3)88-72(77)58-53-48-43-38-34-30-31-35-40-44-49-54-65(4)5/h20-27,65-68,73H,6-19,28-64H2,1-5H3,(H,78,79)(H,80,81)/b22-20-,23-21-,26-24-,27-25-/t66-,67+,68+/m0/s1. The lowest BCUT2D eigenvalue weighted by atomic mass is 10.0. The number of hydrogen-bond donors (Lipinski definition) is 3. The van der Waals surface area contributed by atoms with E-state index < -0.39 is 97.5 Å². The van der Waals surface area contributed by atoms with Crippen molar-refractivity contribution in [2.45, 2.75) is 342 Å². The Bertz CT molecular complexity index is 1940. The Labute approximate surface area is 553 Å². The molecular weight excluding hydrogens is 1200 g/mol. The molecule has 3 N–H and O–H groups in total. The molecule has 2 unspecified atom stereocenters. The molecule has 0 aromatic rings. The highest BCUT2D eigenvalue weighted by Crippen LogP contribution is 2.45. The minimum atomic E-state index is -4.97. The molecule has 0 amide bonds. The van der Waals surface area contributed by atoms with Gasteiger partial charge >= 0.3 is 39.5 Å². The van der Waals surface area contributed by atoms with Gasteiger partial charge in [-0.1, -0.05) is 269 Å². The highest BCUT2D eigenvalue weighted by molar-refractivity contribution is 7.47. The van der Waals surface area contributed by atoms with Crippen molar-refractivity contribution in [2.24, 2.45) is 5.92 Å². The fourth-order valence-electron chi connectivity index (χ4n) is 9.92. The molecule has 0 aromatic carbocycles. The molecule has 0 aliphatic heterocycles. The topological polar surface area (TPSA) is 237 Å². The third kappa shape index (κ3) is 65.5. The Morgan fingerprint density at radius 1 is 0.341 bits per heavy atom. The van der Waals surface area contributed by atoms with Crippen molar-refractivity contribution in [1.82, 2.24) is 0 Å². The van der Waals surface area contributed by atoms with Gasteiger partial charge in [-0.15, -0.1) is 0 Å². The smallest absolute Gasteiger partial charge is 0.462 e. The first-order valence-electron chi connectivity index (χ1n) is 36.3. The van der Waals surface area contributed by atoms with Crippen molar-refractivity contribution >= 4 is 39.5 Å². The highest BCUT2D eigenvalue weighted by atomic mass is 31.2. The van der Waals surface area contributed by atoms with E-state index in [1.807, 2.05) is 0 Å². The van der Waals surface area contributed by atoms with Crippen LogP contribution in [0, 0.1) is 5.92 Å². The molecule has 0 aliphatic rings. The Kier molecular flexibility index (Phi) is 62.3. The quantitative estimate of drug-likeness (QED) is 0.0169. The van der Waals surface area contributed by atoms with Crippen LogP contribution in [0.5, 0.6) is 0 Å². The van der Waals surface area contributed by atoms with Gasteiger partial charge in [-0.3, -0.25) is 37.3 Å². The summed E-state index contributed by atoms with van der Waals surface area (Å²) in [5, 5.41) is 10.6. The number of aliphatic hydroxyl groups is 1. The van der Waals surface area contributed by atoms with Gasteiger partial charge < -0.3 is 33.8 Å². The van der Waals surface area contributed by atoms with E-state index in [4.69, 9.17) is 37.0 Å². The number of hydrogen-bond acceptors (Lipinski definition) is 15. The Morgan fingerprint density at radius 2 is 0.593 bits per heavy atom. The third-order valence-corrected chi connectivity index (χ3v) is 17.4. The first-order valence-corrected chi connectivity index (χ1v) is 39.3. The van der Waals surface area contributed by atoms with E-state index in [1.165, 1.54) is 103 Å². The lowest BCUT2D eigenvalue weighted by molar-refractivity contribution is -0.161. The van der Waals surface area contributed by atoms with E-state index in [9.17, 15) is 43.2 Å². The number of phosphoric ester groups is 2. The van der Waals surface area contributed by atoms with E-state index in [0.717, 1.165) is 141 Å². The van der Waals surface area contributed by atoms with E-state index in [2.05, 4.69) is 83.2 Å². The van der Waals surface area contributed by atoms with Gasteiger partial charge in [0.2, 0.25) is 0 Å². The molecule has 0 rings (SSSR count). The maximum Gasteiger partial charge on any atom is 0.472 e. The number of carbonyl (C=O) groups is 4. The molecule has 0 fully saturated rings. The van der Waals surface area contributed by atoms with Gasteiger partial charge in [-0.05, 0) is 83.0 Å². The molecule has 17 nitrogen and oxygen atoms in total. The Balaban J connectivity index is 5.28. The second-order valence-corrected chi connectivity index (χ2v) is 28.0. The van der Waals surface area contributed by atoms with Crippen molar-refractivity contribution < 1.29 is 80.2 Å². The van der Waals surface area contributed by atoms with Gasteiger partial charge in [-0.2, -0.15) is 0 Å². The van der Waals surface area contributed by atoms with E-state index >= 15 is 0 Å². The van der Waals surface area contributed by atoms with Crippen LogP contribution in [0.4, 0.5) is 0 Å². The fourth-order valence-corrected chi connectivity index (χ4v) is 11.5. The van der Waals surface area contributed by atoms with E-state index in [0.29, 0.717) is 25.7 Å². The second-order valence-electron chi connectivity index (χ2n) is 25.1. The van der Waals surface area contributed by atoms with Crippen molar-refractivity contribution in [3.63, 3.8) is 0 Å². The number of phosphoric acid groups is 2. The van der Waals surface area contributed by atoms with Crippen LogP contribution in [0.3, 0.4) is 0 Å². The maximum absolute atomic E-state index is 13.0. The summed E-state index contributed by atoms with van der Waals surface area (Å²) in [6.07, 6.45) is 57.2. The van der Waals surface area contributed by atoms with Crippen LogP contribution >= 0.6 is 15.6 Å². The minimum Gasteiger partial charge on any atom is -0.462 e. The SMILES string of the molecule is CCCCCC/C=C\C=C/CCCCCCCC(=O)OC[C@H](COP(=O)(O)OC[C@@H](O)COP(=O)(O)OC[C@@H](COC(=O)CCCCCCCCC)OC(=O)CCCCCCCCCCCCCC(C)C)OC(=O)CCCCCCC/C=C\C=C/CCCCCC. The number of ether oxygens (including phenoxy) is 4. The average molecular weight is 1330 g/mol. The molecule has 0 saturated heterocycles. The predicted octanol–water partition coefficient (Wildman–Crippen LogP) is 20.0. The largest absolute Gasteiger partial charge is 0.472 e. The van der Waals surface area contributed by atoms with Crippen LogP contribution in [0.1, 0.15) is 324 Å². The Morgan fingerprint density at radius 3 is 0.901 bits per heavy atom. The maximum atomic E-state index is 13.0. The number of aliphatic hydroxyl groups excluding tert-OH is 1. The molecule has 5 atom stereocenters. The first-order chi connectivity index (χ1) is 44.0. The van der Waals surface area contributed by atoms with Crippen molar-refractivity contribution in [3.8, 4) is 0 Å².